The van der Waals surface area contributed by atoms with Crippen LogP contribution in [0.3, 0.4) is 0 Å². The van der Waals surface area contributed by atoms with E-state index in [9.17, 15) is 13.2 Å². The lowest BCUT2D eigenvalue weighted by Crippen LogP contribution is -2.23. The summed E-state index contributed by atoms with van der Waals surface area (Å²) < 4.78 is 25.8. The molecule has 2 N–H and O–H groups in total. The van der Waals surface area contributed by atoms with E-state index in [1.807, 2.05) is 0 Å². The third kappa shape index (κ3) is 2.24. The largest absolute Gasteiger partial charge is 0.477 e. The van der Waals surface area contributed by atoms with Crippen molar-refractivity contribution < 1.29 is 18.3 Å². The van der Waals surface area contributed by atoms with Crippen LogP contribution in [0.4, 0.5) is 0 Å². The lowest BCUT2D eigenvalue weighted by Gasteiger charge is -1.97. The van der Waals surface area contributed by atoms with Crippen molar-refractivity contribution in [2.45, 2.75) is 18.9 Å². The monoisotopic (exact) mass is 230 g/mol. The van der Waals surface area contributed by atoms with Gasteiger partial charge in [-0.3, -0.25) is 0 Å². The minimum absolute atomic E-state index is 0.263. The van der Waals surface area contributed by atoms with Crippen LogP contribution < -0.4 is 5.32 Å². The Kier molecular flexibility index (Phi) is 2.35. The normalized spacial score (nSPS) is 23.5. The molecule has 0 saturated heterocycles. The molecule has 0 radical (unpaired) electrons. The number of carbonyl (C=O) groups is 1. The average Bonchev–Trinajstić information content (AvgIpc) is 2.87. The number of carboxylic acids is 1. The SMILES string of the molecule is O=C(O)C1=CC(CNC2CC2)=NS1(=O)=O. The van der Waals surface area contributed by atoms with E-state index in [4.69, 9.17) is 5.11 Å². The first kappa shape index (κ1) is 10.3. The van der Waals surface area contributed by atoms with Crippen LogP contribution >= 0.6 is 0 Å². The van der Waals surface area contributed by atoms with Crippen LogP contribution in [0.25, 0.3) is 0 Å². The number of hydrogen-bond acceptors (Lipinski definition) is 4. The molecule has 0 spiro atoms. The molecule has 0 amide bonds. The molecule has 0 aromatic heterocycles. The van der Waals surface area contributed by atoms with E-state index in [0.29, 0.717) is 12.6 Å². The maximum Gasteiger partial charge on any atom is 0.349 e. The number of nitrogens with zero attached hydrogens (tertiary/aromatic N) is 1. The summed E-state index contributed by atoms with van der Waals surface area (Å²) in [6, 6.07) is 0.428. The average molecular weight is 230 g/mol. The molecule has 0 aromatic carbocycles. The van der Waals surface area contributed by atoms with Crippen LogP contribution in [0, 0.1) is 0 Å². The van der Waals surface area contributed by atoms with E-state index >= 15 is 0 Å². The Morgan fingerprint density at radius 3 is 2.73 bits per heavy atom. The van der Waals surface area contributed by atoms with Gasteiger partial charge in [0.1, 0.15) is 0 Å². The maximum absolute atomic E-state index is 11.2. The van der Waals surface area contributed by atoms with Crippen LogP contribution in [-0.4, -0.2) is 37.8 Å². The molecule has 0 unspecified atom stereocenters. The molecule has 82 valence electrons. The van der Waals surface area contributed by atoms with Crippen LogP contribution in [0.15, 0.2) is 15.4 Å². The Balaban J connectivity index is 2.10. The molecule has 1 aliphatic carbocycles. The molecule has 0 bridgehead atoms. The fourth-order valence-electron chi connectivity index (χ4n) is 1.25. The van der Waals surface area contributed by atoms with Crippen molar-refractivity contribution >= 4 is 21.7 Å². The fourth-order valence-corrected chi connectivity index (χ4v) is 2.28. The third-order valence-electron chi connectivity index (χ3n) is 2.17. The summed E-state index contributed by atoms with van der Waals surface area (Å²) in [7, 11) is -3.95. The van der Waals surface area contributed by atoms with Gasteiger partial charge < -0.3 is 10.4 Å². The van der Waals surface area contributed by atoms with Crippen LogP contribution in [0.1, 0.15) is 12.8 Å². The Labute approximate surface area is 86.8 Å². The quantitative estimate of drug-likeness (QED) is 0.678. The van der Waals surface area contributed by atoms with E-state index in [1.54, 1.807) is 0 Å². The molecular weight excluding hydrogens is 220 g/mol. The topological polar surface area (TPSA) is 95.8 Å². The first-order valence-electron chi connectivity index (χ1n) is 4.51. The molecule has 15 heavy (non-hydrogen) atoms. The highest BCUT2D eigenvalue weighted by Crippen LogP contribution is 2.20. The van der Waals surface area contributed by atoms with E-state index in [-0.39, 0.29) is 5.71 Å². The third-order valence-corrected chi connectivity index (χ3v) is 3.50. The Morgan fingerprint density at radius 2 is 2.27 bits per heavy atom. The summed E-state index contributed by atoms with van der Waals surface area (Å²) in [6.07, 6.45) is 3.26. The van der Waals surface area contributed by atoms with Gasteiger partial charge in [0.2, 0.25) is 0 Å². The van der Waals surface area contributed by atoms with E-state index in [1.165, 1.54) is 0 Å². The van der Waals surface area contributed by atoms with Gasteiger partial charge in [-0.1, -0.05) is 0 Å². The summed E-state index contributed by atoms with van der Waals surface area (Å²) >= 11 is 0. The van der Waals surface area contributed by atoms with Crippen molar-refractivity contribution in [2.75, 3.05) is 6.54 Å². The number of rotatable bonds is 4. The summed E-state index contributed by atoms with van der Waals surface area (Å²) in [5.41, 5.74) is 0.263. The van der Waals surface area contributed by atoms with Gasteiger partial charge >= 0.3 is 5.97 Å². The molecule has 2 rings (SSSR count). The molecule has 1 fully saturated rings. The zero-order valence-electron chi connectivity index (χ0n) is 7.80. The summed E-state index contributed by atoms with van der Waals surface area (Å²) in [5, 5.41) is 11.7. The number of aliphatic carboxylic acids is 1. The van der Waals surface area contributed by atoms with Crippen LogP contribution in [0.5, 0.6) is 0 Å². The molecule has 1 aliphatic heterocycles. The van der Waals surface area contributed by atoms with Crippen molar-refractivity contribution in [2.24, 2.45) is 4.40 Å². The van der Waals surface area contributed by atoms with Gasteiger partial charge in [-0.05, 0) is 18.9 Å². The molecule has 7 heteroatoms. The summed E-state index contributed by atoms with van der Waals surface area (Å²) in [5.74, 6) is -1.46. The van der Waals surface area contributed by atoms with Crippen LogP contribution in [-0.2, 0) is 14.8 Å². The Bertz CT molecular complexity index is 459. The van der Waals surface area contributed by atoms with Gasteiger partial charge in [-0.25, -0.2) is 4.79 Å². The van der Waals surface area contributed by atoms with E-state index in [2.05, 4.69) is 9.71 Å². The van der Waals surface area contributed by atoms with Crippen molar-refractivity contribution in [1.82, 2.24) is 5.32 Å². The first-order valence-corrected chi connectivity index (χ1v) is 5.95. The maximum atomic E-state index is 11.2. The Hall–Kier alpha value is -1.21. The summed E-state index contributed by atoms with van der Waals surface area (Å²) in [4.78, 5) is 9.93. The minimum Gasteiger partial charge on any atom is -0.477 e. The highest BCUT2D eigenvalue weighted by atomic mass is 32.2. The highest BCUT2D eigenvalue weighted by molar-refractivity contribution is 7.95. The molecular formula is C8H10N2O4S. The number of nitrogens with one attached hydrogen (secondary N) is 1. The molecule has 1 heterocycles. The second-order valence-electron chi connectivity index (χ2n) is 3.53. The van der Waals surface area contributed by atoms with Gasteiger partial charge in [0.25, 0.3) is 10.0 Å². The predicted octanol–water partition coefficient (Wildman–Crippen LogP) is -0.509. The molecule has 0 atom stereocenters. The van der Waals surface area contributed by atoms with Crippen LogP contribution in [0.2, 0.25) is 0 Å². The molecule has 1 saturated carbocycles. The molecule has 6 nitrogen and oxygen atoms in total. The van der Waals surface area contributed by atoms with Gasteiger partial charge in [-0.15, -0.1) is 0 Å². The lowest BCUT2D eigenvalue weighted by molar-refractivity contribution is -0.131. The predicted molar refractivity (Wildman–Crippen MR) is 53.1 cm³/mol. The fraction of sp³-hybridized carbons (Fsp3) is 0.500. The first-order chi connectivity index (χ1) is 6.99. The second-order valence-corrected chi connectivity index (χ2v) is 5.10. The van der Waals surface area contributed by atoms with Gasteiger partial charge in [0.05, 0.1) is 5.71 Å². The number of hydrogen-bond donors (Lipinski definition) is 2. The van der Waals surface area contributed by atoms with Gasteiger partial charge in [0, 0.05) is 12.6 Å². The van der Waals surface area contributed by atoms with Gasteiger partial charge in [0.15, 0.2) is 4.91 Å². The number of carboxylic acid groups (broad SMARTS) is 1. The van der Waals surface area contributed by atoms with Gasteiger partial charge in [-0.2, -0.15) is 12.8 Å². The van der Waals surface area contributed by atoms with Crippen molar-refractivity contribution in [3.8, 4) is 0 Å². The van der Waals surface area contributed by atoms with E-state index < -0.39 is 20.9 Å². The number of sulfonamides is 1. The highest BCUT2D eigenvalue weighted by Gasteiger charge is 2.30. The van der Waals surface area contributed by atoms with Crippen molar-refractivity contribution in [3.05, 3.63) is 11.0 Å². The Morgan fingerprint density at radius 1 is 1.60 bits per heavy atom. The second kappa shape index (κ2) is 3.42. The van der Waals surface area contributed by atoms with Crippen molar-refractivity contribution in [1.29, 1.82) is 0 Å². The zero-order chi connectivity index (χ0) is 11.1. The minimum atomic E-state index is -3.95. The summed E-state index contributed by atoms with van der Waals surface area (Å²) in [6.45, 7) is 0.306. The van der Waals surface area contributed by atoms with E-state index in [0.717, 1.165) is 18.9 Å². The molecule has 0 aromatic rings. The smallest absolute Gasteiger partial charge is 0.349 e. The standard InChI is InChI=1S/C8H10N2O4S/c11-8(12)7-3-6(10-15(7,13)14)4-9-5-1-2-5/h3,5,9H,1-2,4H2,(H,11,12). The van der Waals surface area contributed by atoms with Crippen molar-refractivity contribution in [3.63, 3.8) is 0 Å². The lowest BCUT2D eigenvalue weighted by atomic mass is 10.3. The molecule has 2 aliphatic rings. The zero-order valence-corrected chi connectivity index (χ0v) is 8.62.